The zero-order chi connectivity index (χ0) is 18.9. The zero-order valence-corrected chi connectivity index (χ0v) is 15.9. The maximum atomic E-state index is 13.7. The summed E-state index contributed by atoms with van der Waals surface area (Å²) in [5, 5.41) is 5.17. The number of halogens is 2. The number of carbonyl (C=O) groups excluding carboxylic acids is 2. The molecule has 0 radical (unpaired) electrons. The van der Waals surface area contributed by atoms with Crippen molar-refractivity contribution in [2.24, 2.45) is 0 Å². The highest BCUT2D eigenvalue weighted by Crippen LogP contribution is 2.17. The van der Waals surface area contributed by atoms with E-state index in [4.69, 9.17) is 4.74 Å². The maximum absolute atomic E-state index is 13.7. The van der Waals surface area contributed by atoms with Gasteiger partial charge in [-0.1, -0.05) is 41.4 Å². The van der Waals surface area contributed by atoms with Crippen LogP contribution in [0.1, 0.15) is 35.7 Å². The second-order valence-corrected chi connectivity index (χ2v) is 6.49. The molecule has 2 rings (SSSR count). The van der Waals surface area contributed by atoms with Gasteiger partial charge in [-0.05, 0) is 36.8 Å². The van der Waals surface area contributed by atoms with E-state index in [1.54, 1.807) is 36.4 Å². The van der Waals surface area contributed by atoms with Crippen molar-refractivity contribution in [1.82, 2.24) is 5.32 Å². The molecule has 0 unspecified atom stereocenters. The van der Waals surface area contributed by atoms with Crippen LogP contribution < -0.4 is 10.6 Å². The van der Waals surface area contributed by atoms with Gasteiger partial charge in [0.2, 0.25) is 0 Å². The zero-order valence-electron chi connectivity index (χ0n) is 14.4. The van der Waals surface area contributed by atoms with E-state index in [2.05, 4.69) is 26.6 Å². The number of esters is 1. The summed E-state index contributed by atoms with van der Waals surface area (Å²) in [5.74, 6) is -0.902. The smallest absolute Gasteiger partial charge is 0.340 e. The Labute approximate surface area is 160 Å². The molecule has 2 amide bonds. The van der Waals surface area contributed by atoms with E-state index in [1.807, 2.05) is 6.92 Å². The number of urea groups is 1. The van der Waals surface area contributed by atoms with E-state index < -0.39 is 17.8 Å². The average molecular weight is 423 g/mol. The lowest BCUT2D eigenvalue weighted by Crippen LogP contribution is -2.29. The van der Waals surface area contributed by atoms with Crippen molar-refractivity contribution in [2.75, 3.05) is 11.9 Å². The number of carbonyl (C=O) groups is 2. The molecule has 5 nitrogen and oxygen atoms in total. The van der Waals surface area contributed by atoms with Crippen molar-refractivity contribution in [3.05, 3.63) is 63.9 Å². The molecule has 0 aliphatic rings. The largest absolute Gasteiger partial charge is 0.462 e. The average Bonchev–Trinajstić information content (AvgIpc) is 2.63. The van der Waals surface area contributed by atoms with Gasteiger partial charge in [0.15, 0.2) is 0 Å². The summed E-state index contributed by atoms with van der Waals surface area (Å²) < 4.78 is 19.6. The summed E-state index contributed by atoms with van der Waals surface area (Å²) in [5.41, 5.74) is 0.954. The van der Waals surface area contributed by atoms with Crippen molar-refractivity contribution < 1.29 is 18.7 Å². The van der Waals surface area contributed by atoms with Crippen LogP contribution >= 0.6 is 15.9 Å². The number of para-hydroxylation sites is 1. The quantitative estimate of drug-likeness (QED) is 0.494. The summed E-state index contributed by atoms with van der Waals surface area (Å²) in [6.45, 7) is 2.35. The van der Waals surface area contributed by atoms with E-state index in [9.17, 15) is 14.0 Å². The summed E-state index contributed by atoms with van der Waals surface area (Å²) in [7, 11) is 0. The van der Waals surface area contributed by atoms with Crippen molar-refractivity contribution in [2.45, 2.75) is 26.3 Å². The number of unbranched alkanes of at least 4 members (excludes halogenated alkanes) is 1. The standard InChI is InChI=1S/C19H20BrFN2O3/c1-2-3-10-26-18(24)15-6-4-5-7-17(15)23-19(25)22-12-13-11-14(20)8-9-16(13)21/h4-9,11H,2-3,10,12H2,1H3,(H2,22,23,25). The molecule has 0 atom stereocenters. The predicted octanol–water partition coefficient (Wildman–Crippen LogP) is 4.87. The van der Waals surface area contributed by atoms with E-state index in [1.165, 1.54) is 6.07 Å². The topological polar surface area (TPSA) is 67.4 Å². The normalized spacial score (nSPS) is 10.3. The molecule has 0 aliphatic heterocycles. The minimum absolute atomic E-state index is 0.0141. The highest BCUT2D eigenvalue weighted by Gasteiger charge is 2.14. The molecule has 0 aliphatic carbocycles. The van der Waals surface area contributed by atoms with Gasteiger partial charge in [-0.25, -0.2) is 14.0 Å². The third-order valence-electron chi connectivity index (χ3n) is 3.57. The van der Waals surface area contributed by atoms with Crippen LogP contribution in [0.5, 0.6) is 0 Å². The van der Waals surface area contributed by atoms with Crippen LogP contribution in [-0.2, 0) is 11.3 Å². The fourth-order valence-electron chi connectivity index (χ4n) is 2.18. The lowest BCUT2D eigenvalue weighted by molar-refractivity contribution is 0.0501. The molecule has 7 heteroatoms. The predicted molar refractivity (Wildman–Crippen MR) is 102 cm³/mol. The Hall–Kier alpha value is -2.41. The maximum Gasteiger partial charge on any atom is 0.340 e. The van der Waals surface area contributed by atoms with Gasteiger partial charge >= 0.3 is 12.0 Å². The van der Waals surface area contributed by atoms with Crippen molar-refractivity contribution in [1.29, 1.82) is 0 Å². The Morgan fingerprint density at radius 3 is 2.73 bits per heavy atom. The molecule has 0 fully saturated rings. The molecule has 0 saturated heterocycles. The SMILES string of the molecule is CCCCOC(=O)c1ccccc1NC(=O)NCc1cc(Br)ccc1F. The molecule has 2 aromatic rings. The molecule has 0 spiro atoms. The second kappa shape index (κ2) is 9.91. The molecule has 0 bridgehead atoms. The summed E-state index contributed by atoms with van der Waals surface area (Å²) in [4.78, 5) is 24.2. The first-order valence-corrected chi connectivity index (χ1v) is 9.05. The fourth-order valence-corrected chi connectivity index (χ4v) is 2.59. The molecule has 138 valence electrons. The fraction of sp³-hybridized carbons (Fsp3) is 0.263. The van der Waals surface area contributed by atoms with E-state index >= 15 is 0 Å². The number of rotatable bonds is 7. The number of hydrogen-bond acceptors (Lipinski definition) is 3. The first-order valence-electron chi connectivity index (χ1n) is 8.26. The molecule has 0 aromatic heterocycles. The molecular weight excluding hydrogens is 403 g/mol. The monoisotopic (exact) mass is 422 g/mol. The number of amides is 2. The van der Waals surface area contributed by atoms with Crippen LogP contribution in [0.3, 0.4) is 0 Å². The Morgan fingerprint density at radius 1 is 1.19 bits per heavy atom. The molecular formula is C19H20BrFN2O3. The van der Waals surface area contributed by atoms with Crippen LogP contribution in [-0.4, -0.2) is 18.6 Å². The van der Waals surface area contributed by atoms with Crippen molar-refractivity contribution in [3.8, 4) is 0 Å². The minimum atomic E-state index is -0.543. The van der Waals surface area contributed by atoms with Gasteiger partial charge in [-0.15, -0.1) is 0 Å². The third-order valence-corrected chi connectivity index (χ3v) is 4.07. The van der Waals surface area contributed by atoms with Crippen molar-refractivity contribution >= 4 is 33.6 Å². The van der Waals surface area contributed by atoms with Crippen LogP contribution in [0.4, 0.5) is 14.9 Å². The van der Waals surface area contributed by atoms with Gasteiger partial charge in [0.05, 0.1) is 17.9 Å². The molecule has 0 saturated carbocycles. The summed E-state index contributed by atoms with van der Waals surface area (Å²) >= 11 is 3.26. The van der Waals surface area contributed by atoms with Crippen LogP contribution in [0.15, 0.2) is 46.9 Å². The lowest BCUT2D eigenvalue weighted by Gasteiger charge is -2.12. The van der Waals surface area contributed by atoms with Crippen LogP contribution in [0.2, 0.25) is 0 Å². The highest BCUT2D eigenvalue weighted by atomic mass is 79.9. The number of hydrogen-bond donors (Lipinski definition) is 2. The van der Waals surface area contributed by atoms with Crippen LogP contribution in [0, 0.1) is 5.82 Å². The first-order chi connectivity index (χ1) is 12.5. The van der Waals surface area contributed by atoms with Gasteiger partial charge in [0, 0.05) is 16.6 Å². The lowest BCUT2D eigenvalue weighted by atomic mass is 10.2. The number of ether oxygens (including phenoxy) is 1. The first kappa shape index (κ1) is 19.9. The van der Waals surface area contributed by atoms with Gasteiger partial charge in [-0.3, -0.25) is 0 Å². The highest BCUT2D eigenvalue weighted by molar-refractivity contribution is 9.10. The number of nitrogens with one attached hydrogen (secondary N) is 2. The molecule has 26 heavy (non-hydrogen) atoms. The summed E-state index contributed by atoms with van der Waals surface area (Å²) in [6.07, 6.45) is 1.70. The number of benzene rings is 2. The van der Waals surface area contributed by atoms with Gasteiger partial charge in [0.25, 0.3) is 0 Å². The molecule has 2 N–H and O–H groups in total. The Balaban J connectivity index is 1.98. The van der Waals surface area contributed by atoms with Gasteiger partial charge in [0.1, 0.15) is 5.82 Å². The third kappa shape index (κ3) is 5.84. The molecule has 2 aromatic carbocycles. The van der Waals surface area contributed by atoms with E-state index in [0.29, 0.717) is 17.9 Å². The van der Waals surface area contributed by atoms with Gasteiger partial charge in [-0.2, -0.15) is 0 Å². The summed E-state index contributed by atoms with van der Waals surface area (Å²) in [6, 6.07) is 10.5. The van der Waals surface area contributed by atoms with E-state index in [-0.39, 0.29) is 12.1 Å². The Bertz CT molecular complexity index is 783. The van der Waals surface area contributed by atoms with Crippen molar-refractivity contribution in [3.63, 3.8) is 0 Å². The second-order valence-electron chi connectivity index (χ2n) is 5.58. The minimum Gasteiger partial charge on any atom is -0.462 e. The number of anilines is 1. The van der Waals surface area contributed by atoms with Crippen LogP contribution in [0.25, 0.3) is 0 Å². The molecule has 0 heterocycles. The Kier molecular flexibility index (Phi) is 7.59. The van der Waals surface area contributed by atoms with Gasteiger partial charge < -0.3 is 15.4 Å². The van der Waals surface area contributed by atoms with E-state index in [0.717, 1.165) is 17.3 Å². The Morgan fingerprint density at radius 2 is 1.96 bits per heavy atom.